The molecule has 0 spiro atoms. The van der Waals surface area contributed by atoms with Crippen molar-refractivity contribution < 1.29 is 27.4 Å². The summed E-state index contributed by atoms with van der Waals surface area (Å²) >= 11 is 0. The summed E-state index contributed by atoms with van der Waals surface area (Å²) in [6.45, 7) is 9.46. The van der Waals surface area contributed by atoms with Crippen LogP contribution < -0.4 is 4.74 Å². The minimum atomic E-state index is -4.58. The maximum Gasteiger partial charge on any atom is 0.416 e. The summed E-state index contributed by atoms with van der Waals surface area (Å²) in [6.07, 6.45) is -3.59. The van der Waals surface area contributed by atoms with E-state index in [0.717, 1.165) is 54.6 Å². The first-order chi connectivity index (χ1) is 19.6. The van der Waals surface area contributed by atoms with Gasteiger partial charge in [-0.2, -0.15) is 13.2 Å². The second-order valence-corrected chi connectivity index (χ2v) is 11.3. The number of hydrogen-bond acceptors (Lipinski definition) is 5. The quantitative estimate of drug-likeness (QED) is 0.308. The largest absolute Gasteiger partial charge is 0.497 e. The van der Waals surface area contributed by atoms with E-state index in [9.17, 15) is 18.0 Å². The van der Waals surface area contributed by atoms with Crippen molar-refractivity contribution in [3.63, 3.8) is 0 Å². The molecule has 2 aliphatic heterocycles. The van der Waals surface area contributed by atoms with Crippen LogP contribution in [0.2, 0.25) is 0 Å². The molecule has 0 radical (unpaired) electrons. The molecule has 2 aliphatic rings. The zero-order valence-corrected chi connectivity index (χ0v) is 26.3. The zero-order valence-electron chi connectivity index (χ0n) is 24.7. The number of benzene rings is 3. The van der Waals surface area contributed by atoms with Gasteiger partial charge in [-0.25, -0.2) is 0 Å². The Bertz CT molecular complexity index is 1370. The first kappa shape index (κ1) is 34.9. The molecule has 3 atom stereocenters. The molecule has 0 N–H and O–H groups in total. The number of fused-ring (bicyclic) bond motifs is 1. The maximum absolute atomic E-state index is 13.8. The first-order valence-electron chi connectivity index (χ1n) is 14.2. The van der Waals surface area contributed by atoms with Crippen molar-refractivity contribution in [2.24, 2.45) is 0 Å². The van der Waals surface area contributed by atoms with E-state index in [-0.39, 0.29) is 54.4 Å². The van der Waals surface area contributed by atoms with E-state index < -0.39 is 17.6 Å². The van der Waals surface area contributed by atoms with Crippen LogP contribution >= 0.6 is 24.8 Å². The monoisotopic (exact) mass is 641 g/mol. The van der Waals surface area contributed by atoms with Crippen LogP contribution in [0.4, 0.5) is 13.2 Å². The zero-order chi connectivity index (χ0) is 29.1. The average Bonchev–Trinajstić information content (AvgIpc) is 2.94. The third-order valence-corrected chi connectivity index (χ3v) is 8.06. The molecule has 5 rings (SSSR count). The number of morpholine rings is 1. The van der Waals surface area contributed by atoms with E-state index in [0.29, 0.717) is 26.1 Å². The Kier molecular flexibility index (Phi) is 12.1. The average molecular weight is 643 g/mol. The van der Waals surface area contributed by atoms with Crippen molar-refractivity contribution in [1.82, 2.24) is 14.7 Å². The van der Waals surface area contributed by atoms with Gasteiger partial charge in [0, 0.05) is 57.4 Å². The Labute approximate surface area is 263 Å². The number of rotatable bonds is 7. The lowest BCUT2D eigenvalue weighted by Crippen LogP contribution is -2.57. The number of carbonyl (C=O) groups is 1. The van der Waals surface area contributed by atoms with E-state index >= 15 is 0 Å². The highest BCUT2D eigenvalue weighted by molar-refractivity contribution is 5.95. The van der Waals surface area contributed by atoms with Crippen LogP contribution in [-0.4, -0.2) is 91.8 Å². The molecule has 3 aromatic rings. The minimum Gasteiger partial charge on any atom is -0.497 e. The fraction of sp³-hybridized carbons (Fsp3) is 0.469. The van der Waals surface area contributed by atoms with Gasteiger partial charge < -0.3 is 14.4 Å². The van der Waals surface area contributed by atoms with Gasteiger partial charge in [0.2, 0.25) is 0 Å². The van der Waals surface area contributed by atoms with Crippen LogP contribution in [0.5, 0.6) is 5.75 Å². The summed E-state index contributed by atoms with van der Waals surface area (Å²) in [6, 6.07) is 17.5. The van der Waals surface area contributed by atoms with Crippen LogP contribution in [-0.2, 0) is 17.3 Å². The molecule has 2 heterocycles. The smallest absolute Gasteiger partial charge is 0.416 e. The highest BCUT2D eigenvalue weighted by Crippen LogP contribution is 2.33. The molecule has 2 unspecified atom stereocenters. The molecule has 236 valence electrons. The molecule has 1 amide bonds. The second kappa shape index (κ2) is 14.9. The summed E-state index contributed by atoms with van der Waals surface area (Å²) in [5.74, 6) is -0.391. The summed E-state index contributed by atoms with van der Waals surface area (Å²) in [5.41, 5.74) is 0.189. The summed E-state index contributed by atoms with van der Waals surface area (Å²) in [5, 5.41) is 2.26. The Balaban J connectivity index is 0.00000253. The Morgan fingerprint density at radius 3 is 2.23 bits per heavy atom. The van der Waals surface area contributed by atoms with Crippen LogP contribution in [0.1, 0.15) is 35.3 Å². The molecule has 0 saturated carbocycles. The molecule has 0 aromatic heterocycles. The van der Waals surface area contributed by atoms with Crippen LogP contribution in [0.15, 0.2) is 60.7 Å². The molecule has 11 heteroatoms. The van der Waals surface area contributed by atoms with Crippen molar-refractivity contribution in [3.8, 4) is 5.75 Å². The molecule has 0 bridgehead atoms. The SMILES string of the molecule is COc1cc(C(=O)N2CCN(CCN3CC(C)OC(C)C3)C[C@H]2Cc2ccc3ccccc3c2)cc(C(F)(F)F)c1.Cl.Cl. The number of carbonyl (C=O) groups excluding carboxylic acids is 1. The fourth-order valence-corrected chi connectivity index (χ4v) is 6.12. The maximum atomic E-state index is 13.8. The molecule has 3 aromatic carbocycles. The Morgan fingerprint density at radius 1 is 0.884 bits per heavy atom. The molecule has 6 nitrogen and oxygen atoms in total. The molecule has 43 heavy (non-hydrogen) atoms. The Morgan fingerprint density at radius 2 is 1.56 bits per heavy atom. The molecular weight excluding hydrogens is 602 g/mol. The summed E-state index contributed by atoms with van der Waals surface area (Å²) < 4.78 is 51.9. The lowest BCUT2D eigenvalue weighted by molar-refractivity contribution is -0.137. The summed E-state index contributed by atoms with van der Waals surface area (Å²) in [4.78, 5) is 20.3. The lowest BCUT2D eigenvalue weighted by Gasteiger charge is -2.43. The lowest BCUT2D eigenvalue weighted by atomic mass is 9.98. The van der Waals surface area contributed by atoms with Gasteiger partial charge in [0.25, 0.3) is 5.91 Å². The van der Waals surface area contributed by atoms with Gasteiger partial charge in [-0.1, -0.05) is 42.5 Å². The topological polar surface area (TPSA) is 45.2 Å². The molecule has 0 aliphatic carbocycles. The van der Waals surface area contributed by atoms with Gasteiger partial charge in [-0.05, 0) is 54.8 Å². The van der Waals surface area contributed by atoms with E-state index in [2.05, 4.69) is 54.0 Å². The number of nitrogens with zero attached hydrogens (tertiary/aromatic N) is 3. The number of amides is 1. The van der Waals surface area contributed by atoms with Gasteiger partial charge in [0.05, 0.1) is 24.9 Å². The third kappa shape index (κ3) is 8.76. The normalized spacial score (nSPS) is 21.6. The standard InChI is InChI=1S/C32H38F3N3O3.2ClH/c1-22-19-37(20-23(2)41-22)11-10-36-12-13-38(31(39)27-16-28(32(33,34)35)18-30(17-27)40-3)29(21-36)15-24-8-9-25-6-4-5-7-26(25)14-24;;/h4-9,14,16-18,22-23,29H,10-13,15,19-21H2,1-3H3;2*1H/t22?,23?,29-;;/m1../s1. The minimum absolute atomic E-state index is 0. The number of hydrogen-bond donors (Lipinski definition) is 0. The number of piperazine rings is 1. The van der Waals surface area contributed by atoms with Crippen molar-refractivity contribution in [1.29, 1.82) is 0 Å². The first-order valence-corrected chi connectivity index (χ1v) is 14.2. The van der Waals surface area contributed by atoms with Crippen molar-refractivity contribution in [2.45, 2.75) is 44.7 Å². The van der Waals surface area contributed by atoms with E-state index in [1.165, 1.54) is 13.2 Å². The molecule has 2 saturated heterocycles. The van der Waals surface area contributed by atoms with Gasteiger partial charge in [-0.3, -0.25) is 14.6 Å². The van der Waals surface area contributed by atoms with Crippen LogP contribution in [0, 0.1) is 0 Å². The highest BCUT2D eigenvalue weighted by Gasteiger charge is 2.35. The van der Waals surface area contributed by atoms with Gasteiger partial charge in [-0.15, -0.1) is 24.8 Å². The number of ether oxygens (including phenoxy) is 2. The van der Waals surface area contributed by atoms with Gasteiger partial charge in [0.1, 0.15) is 5.75 Å². The van der Waals surface area contributed by atoms with E-state index in [1.54, 1.807) is 4.90 Å². The van der Waals surface area contributed by atoms with Gasteiger partial charge in [0.15, 0.2) is 0 Å². The van der Waals surface area contributed by atoms with E-state index in [1.807, 2.05) is 12.1 Å². The molecule has 2 fully saturated rings. The summed E-state index contributed by atoms with van der Waals surface area (Å²) in [7, 11) is 1.31. The number of halogens is 5. The van der Waals surface area contributed by atoms with E-state index in [4.69, 9.17) is 9.47 Å². The predicted octanol–water partition coefficient (Wildman–Crippen LogP) is 6.19. The number of alkyl halides is 3. The Hall–Kier alpha value is -2.56. The predicted molar refractivity (Wildman–Crippen MR) is 168 cm³/mol. The number of methoxy groups -OCH3 is 1. The van der Waals surface area contributed by atoms with Crippen molar-refractivity contribution in [2.75, 3.05) is 52.9 Å². The van der Waals surface area contributed by atoms with Crippen molar-refractivity contribution in [3.05, 3.63) is 77.4 Å². The second-order valence-electron chi connectivity index (χ2n) is 11.3. The highest BCUT2D eigenvalue weighted by atomic mass is 35.5. The third-order valence-electron chi connectivity index (χ3n) is 8.06. The van der Waals surface area contributed by atoms with Crippen molar-refractivity contribution >= 4 is 41.5 Å². The van der Waals surface area contributed by atoms with Crippen LogP contribution in [0.25, 0.3) is 10.8 Å². The fourth-order valence-electron chi connectivity index (χ4n) is 6.12. The van der Waals surface area contributed by atoms with Crippen LogP contribution in [0.3, 0.4) is 0 Å². The van der Waals surface area contributed by atoms with Gasteiger partial charge >= 0.3 is 6.18 Å². The molecular formula is C32H40Cl2F3N3O3.